The van der Waals surface area contributed by atoms with Crippen LogP contribution in [0, 0.1) is 6.92 Å². The summed E-state index contributed by atoms with van der Waals surface area (Å²) in [5, 5.41) is 15.8. The van der Waals surface area contributed by atoms with E-state index in [0.29, 0.717) is 15.9 Å². The van der Waals surface area contributed by atoms with Gasteiger partial charge in [0.25, 0.3) is 0 Å². The van der Waals surface area contributed by atoms with Crippen LogP contribution in [-0.4, -0.2) is 27.9 Å². The minimum absolute atomic E-state index is 0.0244. The van der Waals surface area contributed by atoms with Crippen molar-refractivity contribution < 1.29 is 4.79 Å². The Kier molecular flexibility index (Phi) is 7.33. The fourth-order valence-corrected chi connectivity index (χ4v) is 3.88. The Hall–Kier alpha value is -1.31. The monoisotopic (exact) mass is 384 g/mol. The Bertz CT molecular complexity index is 692. The third-order valence-corrected chi connectivity index (χ3v) is 5.75. The number of nitrogens with one attached hydrogen (secondary N) is 2. The number of anilines is 2. The quantitative estimate of drug-likeness (QED) is 0.649. The average Bonchev–Trinajstić information content (AvgIpc) is 2.98. The van der Waals surface area contributed by atoms with E-state index in [4.69, 9.17) is 11.6 Å². The summed E-state index contributed by atoms with van der Waals surface area (Å²) in [5.41, 5.74) is 1.87. The molecule has 130 valence electrons. The van der Waals surface area contributed by atoms with E-state index in [-0.39, 0.29) is 11.9 Å². The van der Waals surface area contributed by atoms with Gasteiger partial charge in [-0.05, 0) is 38.0 Å². The molecule has 0 fully saturated rings. The van der Waals surface area contributed by atoms with Gasteiger partial charge >= 0.3 is 0 Å². The van der Waals surface area contributed by atoms with Gasteiger partial charge < -0.3 is 10.6 Å². The molecule has 2 rings (SSSR count). The molecule has 1 heterocycles. The maximum absolute atomic E-state index is 11.9. The largest absolute Gasteiger partial charge is 0.353 e. The molecule has 0 saturated heterocycles. The summed E-state index contributed by atoms with van der Waals surface area (Å²) in [4.78, 5) is 11.9. The van der Waals surface area contributed by atoms with Crippen LogP contribution in [0.4, 0.5) is 10.8 Å². The summed E-state index contributed by atoms with van der Waals surface area (Å²) in [6.45, 7) is 6.07. The third kappa shape index (κ3) is 5.65. The van der Waals surface area contributed by atoms with Gasteiger partial charge in [-0.15, -0.1) is 10.2 Å². The van der Waals surface area contributed by atoms with Crippen molar-refractivity contribution in [2.45, 2.75) is 44.0 Å². The molecular formula is C16H21ClN4OS2. The van der Waals surface area contributed by atoms with Crippen LogP contribution >= 0.6 is 34.7 Å². The highest BCUT2D eigenvalue weighted by molar-refractivity contribution is 8.01. The summed E-state index contributed by atoms with van der Waals surface area (Å²) in [5.74, 6) is 0.371. The second-order valence-electron chi connectivity index (χ2n) is 5.46. The Morgan fingerprint density at radius 1 is 1.42 bits per heavy atom. The van der Waals surface area contributed by atoms with Gasteiger partial charge in [-0.25, -0.2) is 0 Å². The molecule has 5 nitrogen and oxygen atoms in total. The Morgan fingerprint density at radius 2 is 2.21 bits per heavy atom. The molecule has 1 atom stereocenters. The standard InChI is InChI=1S/C16H21ClN4OS2/c1-4-6-10(2)18-14(22)9-23-16-21-20-15(24-16)19-13-8-5-7-12(17)11(13)3/h5,7-8,10H,4,6,9H2,1-3H3,(H,18,22)(H,19,20). The first-order valence-electron chi connectivity index (χ1n) is 7.77. The molecule has 0 radical (unpaired) electrons. The topological polar surface area (TPSA) is 66.9 Å². The van der Waals surface area contributed by atoms with Crippen molar-refractivity contribution in [3.05, 3.63) is 28.8 Å². The number of hydrogen-bond acceptors (Lipinski definition) is 6. The number of thioether (sulfide) groups is 1. The highest BCUT2D eigenvalue weighted by Crippen LogP contribution is 2.30. The lowest BCUT2D eigenvalue weighted by atomic mass is 10.2. The fraction of sp³-hybridized carbons (Fsp3) is 0.438. The first-order valence-corrected chi connectivity index (χ1v) is 9.95. The van der Waals surface area contributed by atoms with E-state index >= 15 is 0 Å². The molecular weight excluding hydrogens is 364 g/mol. The molecule has 0 spiro atoms. The van der Waals surface area contributed by atoms with Crippen LogP contribution in [0.5, 0.6) is 0 Å². The zero-order chi connectivity index (χ0) is 17.5. The number of amides is 1. The van der Waals surface area contributed by atoms with Gasteiger partial charge in [0.2, 0.25) is 11.0 Å². The molecule has 0 aliphatic rings. The van der Waals surface area contributed by atoms with E-state index in [1.54, 1.807) is 0 Å². The first kappa shape index (κ1) is 19.0. The number of hydrogen-bond donors (Lipinski definition) is 2. The molecule has 2 N–H and O–H groups in total. The van der Waals surface area contributed by atoms with Crippen molar-refractivity contribution >= 4 is 51.4 Å². The molecule has 1 unspecified atom stereocenters. The van der Waals surface area contributed by atoms with Gasteiger partial charge in [-0.1, -0.05) is 54.1 Å². The van der Waals surface area contributed by atoms with Gasteiger partial charge in [0.1, 0.15) is 0 Å². The van der Waals surface area contributed by atoms with E-state index in [1.165, 1.54) is 23.1 Å². The number of benzene rings is 1. The second-order valence-corrected chi connectivity index (χ2v) is 8.06. The predicted molar refractivity (Wildman–Crippen MR) is 103 cm³/mol. The molecule has 1 amide bonds. The summed E-state index contributed by atoms with van der Waals surface area (Å²) in [6, 6.07) is 5.89. The zero-order valence-electron chi connectivity index (χ0n) is 13.9. The van der Waals surface area contributed by atoms with E-state index < -0.39 is 0 Å². The van der Waals surface area contributed by atoms with E-state index in [2.05, 4.69) is 27.8 Å². The van der Waals surface area contributed by atoms with Gasteiger partial charge in [-0.3, -0.25) is 4.79 Å². The molecule has 1 aromatic carbocycles. The van der Waals surface area contributed by atoms with E-state index in [0.717, 1.165) is 28.4 Å². The molecule has 8 heteroatoms. The maximum atomic E-state index is 11.9. The maximum Gasteiger partial charge on any atom is 0.230 e. The third-order valence-electron chi connectivity index (χ3n) is 3.37. The number of halogens is 1. The number of carbonyl (C=O) groups is 1. The predicted octanol–water partition coefficient (Wildman–Crippen LogP) is 4.64. The van der Waals surface area contributed by atoms with Crippen molar-refractivity contribution in [2.75, 3.05) is 11.1 Å². The van der Waals surface area contributed by atoms with Crippen molar-refractivity contribution in [3.63, 3.8) is 0 Å². The summed E-state index contributed by atoms with van der Waals surface area (Å²) in [7, 11) is 0. The molecule has 0 aliphatic carbocycles. The van der Waals surface area contributed by atoms with Gasteiger partial charge in [0.05, 0.1) is 5.75 Å². The first-order chi connectivity index (χ1) is 11.5. The van der Waals surface area contributed by atoms with Gasteiger partial charge in [-0.2, -0.15) is 0 Å². The SMILES string of the molecule is CCCC(C)NC(=O)CSc1nnc(Nc2cccc(Cl)c2C)s1. The lowest BCUT2D eigenvalue weighted by molar-refractivity contribution is -0.119. The molecule has 24 heavy (non-hydrogen) atoms. The van der Waals surface area contributed by atoms with Crippen LogP contribution in [0.2, 0.25) is 5.02 Å². The normalized spacial score (nSPS) is 12.0. The molecule has 0 aliphatic heterocycles. The van der Waals surface area contributed by atoms with Gasteiger partial charge in [0.15, 0.2) is 4.34 Å². The zero-order valence-corrected chi connectivity index (χ0v) is 16.3. The summed E-state index contributed by atoms with van der Waals surface area (Å²) >= 11 is 8.93. The summed E-state index contributed by atoms with van der Waals surface area (Å²) in [6.07, 6.45) is 2.05. The Morgan fingerprint density at radius 3 is 2.96 bits per heavy atom. The molecule has 0 saturated carbocycles. The van der Waals surface area contributed by atoms with Crippen LogP contribution in [0.3, 0.4) is 0 Å². The van der Waals surface area contributed by atoms with Crippen LogP contribution in [-0.2, 0) is 4.79 Å². The number of rotatable bonds is 8. The van der Waals surface area contributed by atoms with Crippen molar-refractivity contribution in [3.8, 4) is 0 Å². The van der Waals surface area contributed by atoms with E-state index in [9.17, 15) is 4.79 Å². The van der Waals surface area contributed by atoms with Crippen LogP contribution in [0.1, 0.15) is 32.3 Å². The minimum Gasteiger partial charge on any atom is -0.353 e. The van der Waals surface area contributed by atoms with Crippen LogP contribution in [0.25, 0.3) is 0 Å². The highest BCUT2D eigenvalue weighted by atomic mass is 35.5. The van der Waals surface area contributed by atoms with Crippen molar-refractivity contribution in [1.82, 2.24) is 15.5 Å². The minimum atomic E-state index is 0.0244. The Labute approximate surface area is 155 Å². The average molecular weight is 385 g/mol. The molecule has 1 aromatic heterocycles. The second kappa shape index (κ2) is 9.25. The lowest BCUT2D eigenvalue weighted by Gasteiger charge is -2.11. The van der Waals surface area contributed by atoms with Crippen molar-refractivity contribution in [2.24, 2.45) is 0 Å². The molecule has 2 aromatic rings. The number of nitrogens with zero attached hydrogens (tertiary/aromatic N) is 2. The number of aromatic nitrogens is 2. The van der Waals surface area contributed by atoms with Crippen LogP contribution in [0.15, 0.2) is 22.5 Å². The van der Waals surface area contributed by atoms with Crippen LogP contribution < -0.4 is 10.6 Å². The number of carbonyl (C=O) groups excluding carboxylic acids is 1. The summed E-state index contributed by atoms with van der Waals surface area (Å²) < 4.78 is 0.760. The fourth-order valence-electron chi connectivity index (χ4n) is 2.13. The lowest BCUT2D eigenvalue weighted by Crippen LogP contribution is -2.33. The van der Waals surface area contributed by atoms with Gasteiger partial charge in [0, 0.05) is 16.8 Å². The van der Waals surface area contributed by atoms with Crippen molar-refractivity contribution in [1.29, 1.82) is 0 Å². The van der Waals surface area contributed by atoms with E-state index in [1.807, 2.05) is 32.0 Å². The Balaban J connectivity index is 1.87. The highest BCUT2D eigenvalue weighted by Gasteiger charge is 2.11. The molecule has 0 bridgehead atoms. The smallest absolute Gasteiger partial charge is 0.230 e.